The Hall–Kier alpha value is -1.51. The molecule has 1 atom stereocenters. The molecule has 0 aliphatic carbocycles. The van der Waals surface area contributed by atoms with Crippen molar-refractivity contribution in [3.63, 3.8) is 0 Å². The first-order chi connectivity index (χ1) is 7.60. The number of carbonyl (C=O) groups is 1. The highest BCUT2D eigenvalue weighted by Gasteiger charge is 2.18. The number of aromatic hydroxyl groups is 1. The van der Waals surface area contributed by atoms with E-state index in [2.05, 4.69) is 0 Å². The van der Waals surface area contributed by atoms with Crippen molar-refractivity contribution in [1.29, 1.82) is 0 Å². The van der Waals surface area contributed by atoms with Crippen molar-refractivity contribution >= 4 is 5.91 Å². The SMILES string of the molecule is CCC(=O)N(CC)C(C)c1cccc(O)c1. The van der Waals surface area contributed by atoms with E-state index in [0.717, 1.165) is 5.56 Å². The first kappa shape index (κ1) is 12.6. The summed E-state index contributed by atoms with van der Waals surface area (Å²) in [5.41, 5.74) is 0.962. The van der Waals surface area contributed by atoms with Crippen molar-refractivity contribution < 1.29 is 9.90 Å². The van der Waals surface area contributed by atoms with Crippen LogP contribution in [0.2, 0.25) is 0 Å². The van der Waals surface area contributed by atoms with Gasteiger partial charge in [0, 0.05) is 13.0 Å². The van der Waals surface area contributed by atoms with Gasteiger partial charge < -0.3 is 10.0 Å². The highest BCUT2D eigenvalue weighted by atomic mass is 16.3. The standard InChI is InChI=1S/C13H19NO2/c1-4-13(16)14(5-2)10(3)11-7-6-8-12(15)9-11/h6-10,15H,4-5H2,1-3H3. The van der Waals surface area contributed by atoms with Crippen molar-refractivity contribution in [2.45, 2.75) is 33.2 Å². The minimum atomic E-state index is 0.00421. The largest absolute Gasteiger partial charge is 0.508 e. The van der Waals surface area contributed by atoms with Gasteiger partial charge in [0.1, 0.15) is 5.75 Å². The third kappa shape index (κ3) is 2.75. The van der Waals surface area contributed by atoms with Gasteiger partial charge in [0.25, 0.3) is 0 Å². The highest BCUT2D eigenvalue weighted by Crippen LogP contribution is 2.23. The zero-order valence-corrected chi connectivity index (χ0v) is 10.1. The van der Waals surface area contributed by atoms with E-state index >= 15 is 0 Å². The number of carbonyl (C=O) groups excluding carboxylic acids is 1. The molecule has 1 aromatic carbocycles. The van der Waals surface area contributed by atoms with Gasteiger partial charge >= 0.3 is 0 Å². The van der Waals surface area contributed by atoms with Crippen molar-refractivity contribution in [1.82, 2.24) is 4.90 Å². The maximum atomic E-state index is 11.7. The van der Waals surface area contributed by atoms with Crippen LogP contribution in [0.3, 0.4) is 0 Å². The zero-order chi connectivity index (χ0) is 12.1. The van der Waals surface area contributed by atoms with Gasteiger partial charge in [-0.05, 0) is 31.5 Å². The normalized spacial score (nSPS) is 12.2. The van der Waals surface area contributed by atoms with Gasteiger partial charge in [-0.2, -0.15) is 0 Å². The lowest BCUT2D eigenvalue weighted by molar-refractivity contribution is -0.132. The van der Waals surface area contributed by atoms with Crippen LogP contribution in [0.1, 0.15) is 38.8 Å². The van der Waals surface area contributed by atoms with E-state index in [4.69, 9.17) is 0 Å². The summed E-state index contributed by atoms with van der Waals surface area (Å²) in [7, 11) is 0. The van der Waals surface area contributed by atoms with Crippen LogP contribution in [0.15, 0.2) is 24.3 Å². The second-order valence-corrected chi connectivity index (χ2v) is 3.80. The first-order valence-corrected chi connectivity index (χ1v) is 5.68. The molecular formula is C13H19NO2. The summed E-state index contributed by atoms with van der Waals surface area (Å²) >= 11 is 0. The quantitative estimate of drug-likeness (QED) is 0.849. The fraction of sp³-hybridized carbons (Fsp3) is 0.462. The Morgan fingerprint density at radius 2 is 2.12 bits per heavy atom. The number of amides is 1. The van der Waals surface area contributed by atoms with Crippen molar-refractivity contribution in [2.24, 2.45) is 0 Å². The van der Waals surface area contributed by atoms with Crippen LogP contribution < -0.4 is 0 Å². The van der Waals surface area contributed by atoms with E-state index in [1.807, 2.05) is 31.7 Å². The number of hydrogen-bond acceptors (Lipinski definition) is 2. The monoisotopic (exact) mass is 221 g/mol. The molecule has 0 heterocycles. The van der Waals surface area contributed by atoms with Crippen LogP contribution in [-0.2, 0) is 4.79 Å². The Bertz CT molecular complexity index is 363. The van der Waals surface area contributed by atoms with Crippen LogP contribution in [0.5, 0.6) is 5.75 Å². The minimum Gasteiger partial charge on any atom is -0.508 e. The van der Waals surface area contributed by atoms with Crippen molar-refractivity contribution in [2.75, 3.05) is 6.54 Å². The van der Waals surface area contributed by atoms with Crippen LogP contribution in [0, 0.1) is 0 Å². The summed E-state index contributed by atoms with van der Waals surface area (Å²) < 4.78 is 0. The molecule has 0 aliphatic rings. The number of nitrogens with zero attached hydrogens (tertiary/aromatic N) is 1. The average molecular weight is 221 g/mol. The van der Waals surface area contributed by atoms with Gasteiger partial charge in [-0.15, -0.1) is 0 Å². The number of phenols is 1. The van der Waals surface area contributed by atoms with E-state index in [9.17, 15) is 9.90 Å². The third-order valence-corrected chi connectivity index (χ3v) is 2.78. The molecule has 1 unspecified atom stereocenters. The van der Waals surface area contributed by atoms with Gasteiger partial charge in [0.2, 0.25) is 5.91 Å². The Morgan fingerprint density at radius 3 is 2.62 bits per heavy atom. The van der Waals surface area contributed by atoms with Gasteiger partial charge in [-0.25, -0.2) is 0 Å². The molecule has 0 saturated carbocycles. The average Bonchev–Trinajstić information content (AvgIpc) is 2.29. The number of phenolic OH excluding ortho intramolecular Hbond substituents is 1. The van der Waals surface area contributed by atoms with Crippen LogP contribution >= 0.6 is 0 Å². The lowest BCUT2D eigenvalue weighted by Crippen LogP contribution is -2.32. The Morgan fingerprint density at radius 1 is 1.44 bits per heavy atom. The smallest absolute Gasteiger partial charge is 0.222 e. The van der Waals surface area contributed by atoms with E-state index in [0.29, 0.717) is 13.0 Å². The maximum Gasteiger partial charge on any atom is 0.222 e. The highest BCUT2D eigenvalue weighted by molar-refractivity contribution is 5.76. The second-order valence-electron chi connectivity index (χ2n) is 3.80. The zero-order valence-electron chi connectivity index (χ0n) is 10.1. The van der Waals surface area contributed by atoms with E-state index < -0.39 is 0 Å². The Labute approximate surface area is 96.7 Å². The summed E-state index contributed by atoms with van der Waals surface area (Å²) in [4.78, 5) is 13.5. The molecule has 88 valence electrons. The molecule has 0 aliphatic heterocycles. The van der Waals surface area contributed by atoms with Gasteiger partial charge in [-0.1, -0.05) is 19.1 Å². The molecule has 1 amide bonds. The number of hydrogen-bond donors (Lipinski definition) is 1. The number of rotatable bonds is 4. The van der Waals surface area contributed by atoms with Crippen LogP contribution in [0.4, 0.5) is 0 Å². The minimum absolute atomic E-state index is 0.00421. The predicted octanol–water partition coefficient (Wildman–Crippen LogP) is 2.71. The van der Waals surface area contributed by atoms with E-state index in [1.54, 1.807) is 18.2 Å². The molecule has 0 radical (unpaired) electrons. The summed E-state index contributed by atoms with van der Waals surface area (Å²) in [5, 5.41) is 9.41. The molecule has 0 spiro atoms. The summed E-state index contributed by atoms with van der Waals surface area (Å²) in [6.45, 7) is 6.49. The summed E-state index contributed by atoms with van der Waals surface area (Å²) in [6, 6.07) is 7.07. The molecule has 0 fully saturated rings. The predicted molar refractivity (Wildman–Crippen MR) is 64.2 cm³/mol. The van der Waals surface area contributed by atoms with Crippen LogP contribution in [0.25, 0.3) is 0 Å². The molecule has 0 saturated heterocycles. The van der Waals surface area contributed by atoms with Crippen molar-refractivity contribution in [3.05, 3.63) is 29.8 Å². The molecule has 0 aromatic heterocycles. The molecule has 1 N–H and O–H groups in total. The first-order valence-electron chi connectivity index (χ1n) is 5.68. The summed E-state index contributed by atoms with van der Waals surface area (Å²) in [6.07, 6.45) is 0.511. The van der Waals surface area contributed by atoms with Crippen LogP contribution in [-0.4, -0.2) is 22.5 Å². The lowest BCUT2D eigenvalue weighted by Gasteiger charge is -2.28. The molecule has 1 rings (SSSR count). The fourth-order valence-electron chi connectivity index (χ4n) is 1.83. The molecule has 16 heavy (non-hydrogen) atoms. The van der Waals surface area contributed by atoms with Gasteiger partial charge in [0.05, 0.1) is 6.04 Å². The molecular weight excluding hydrogens is 202 g/mol. The van der Waals surface area contributed by atoms with Gasteiger partial charge in [0.15, 0.2) is 0 Å². The Balaban J connectivity index is 2.90. The molecule has 3 nitrogen and oxygen atoms in total. The molecule has 3 heteroatoms. The summed E-state index contributed by atoms with van der Waals surface area (Å²) in [5.74, 6) is 0.377. The Kier molecular flexibility index (Phi) is 4.35. The molecule has 1 aromatic rings. The topological polar surface area (TPSA) is 40.5 Å². The van der Waals surface area contributed by atoms with Crippen molar-refractivity contribution in [3.8, 4) is 5.75 Å². The second kappa shape index (κ2) is 5.54. The third-order valence-electron chi connectivity index (χ3n) is 2.78. The van der Waals surface area contributed by atoms with E-state index in [1.165, 1.54) is 0 Å². The number of benzene rings is 1. The fourth-order valence-corrected chi connectivity index (χ4v) is 1.83. The maximum absolute atomic E-state index is 11.7. The van der Waals surface area contributed by atoms with Gasteiger partial charge in [-0.3, -0.25) is 4.79 Å². The molecule has 0 bridgehead atoms. The lowest BCUT2D eigenvalue weighted by atomic mass is 10.1. The van der Waals surface area contributed by atoms with E-state index in [-0.39, 0.29) is 17.7 Å².